The summed E-state index contributed by atoms with van der Waals surface area (Å²) >= 11 is 1.73. The molecule has 3 aromatic rings. The van der Waals surface area contributed by atoms with Crippen LogP contribution >= 0.6 is 11.3 Å². The second-order valence-electron chi connectivity index (χ2n) is 5.98. The highest BCUT2D eigenvalue weighted by Crippen LogP contribution is 2.26. The van der Waals surface area contributed by atoms with E-state index < -0.39 is 0 Å². The van der Waals surface area contributed by atoms with Crippen molar-refractivity contribution in [3.8, 4) is 5.88 Å². The van der Waals surface area contributed by atoms with Gasteiger partial charge in [0.2, 0.25) is 5.88 Å². The maximum atomic E-state index is 5.89. The number of imidazole rings is 1. The Morgan fingerprint density at radius 3 is 2.96 bits per heavy atom. The summed E-state index contributed by atoms with van der Waals surface area (Å²) in [6, 6.07) is 8.30. The van der Waals surface area contributed by atoms with Crippen molar-refractivity contribution in [2.24, 2.45) is 0 Å². The number of hydrogen-bond donors (Lipinski definition) is 2. The van der Waals surface area contributed by atoms with Gasteiger partial charge >= 0.3 is 0 Å². The molecule has 4 rings (SSSR count). The van der Waals surface area contributed by atoms with Gasteiger partial charge in [0.25, 0.3) is 0 Å². The summed E-state index contributed by atoms with van der Waals surface area (Å²) < 4.78 is 5.89. The third kappa shape index (κ3) is 3.49. The van der Waals surface area contributed by atoms with E-state index in [1.807, 2.05) is 24.5 Å². The summed E-state index contributed by atoms with van der Waals surface area (Å²) in [5.74, 6) is 1.65. The van der Waals surface area contributed by atoms with Gasteiger partial charge in [0.1, 0.15) is 18.0 Å². The molecule has 24 heavy (non-hydrogen) atoms. The number of nitrogens with zero attached hydrogens (tertiary/aromatic N) is 2. The maximum absolute atomic E-state index is 5.89. The molecule has 0 aliphatic heterocycles. The highest BCUT2D eigenvalue weighted by molar-refractivity contribution is 7.10. The van der Waals surface area contributed by atoms with Crippen LogP contribution in [0.25, 0.3) is 0 Å². The van der Waals surface area contributed by atoms with Crippen LogP contribution in [0.2, 0.25) is 0 Å². The molecule has 3 aromatic heterocycles. The zero-order valence-electron chi connectivity index (χ0n) is 13.3. The van der Waals surface area contributed by atoms with E-state index in [1.165, 1.54) is 11.3 Å². The average molecular weight is 340 g/mol. The van der Waals surface area contributed by atoms with Gasteiger partial charge in [-0.1, -0.05) is 6.07 Å². The summed E-state index contributed by atoms with van der Waals surface area (Å²) in [5.41, 5.74) is 1.16. The van der Waals surface area contributed by atoms with Crippen molar-refractivity contribution < 1.29 is 4.74 Å². The van der Waals surface area contributed by atoms with Gasteiger partial charge in [0, 0.05) is 36.1 Å². The monoisotopic (exact) mass is 340 g/mol. The second kappa shape index (κ2) is 7.15. The van der Waals surface area contributed by atoms with E-state index >= 15 is 0 Å². The Labute approximate surface area is 145 Å². The molecule has 2 N–H and O–H groups in total. The first-order valence-electron chi connectivity index (χ1n) is 8.26. The molecule has 3 heterocycles. The average Bonchev–Trinajstić information content (AvgIpc) is 3.26. The second-order valence-corrected chi connectivity index (χ2v) is 6.96. The molecule has 1 aliphatic carbocycles. The number of thiophene rings is 1. The smallest absolute Gasteiger partial charge is 0.213 e. The van der Waals surface area contributed by atoms with Crippen molar-refractivity contribution >= 4 is 11.3 Å². The fourth-order valence-corrected chi connectivity index (χ4v) is 3.53. The van der Waals surface area contributed by atoms with E-state index in [2.05, 4.69) is 37.8 Å². The first-order valence-corrected chi connectivity index (χ1v) is 9.14. The molecule has 0 spiro atoms. The van der Waals surface area contributed by atoms with Gasteiger partial charge in [-0.3, -0.25) is 5.32 Å². The fourth-order valence-electron chi connectivity index (χ4n) is 2.73. The third-order valence-corrected chi connectivity index (χ3v) is 5.21. The fraction of sp³-hybridized carbons (Fsp3) is 0.333. The number of pyridine rings is 1. The van der Waals surface area contributed by atoms with Crippen LogP contribution in [0.4, 0.5) is 0 Å². The number of ether oxygens (including phenoxy) is 1. The molecule has 0 aromatic carbocycles. The summed E-state index contributed by atoms with van der Waals surface area (Å²) in [6.45, 7) is 0.729. The molecule has 0 amide bonds. The van der Waals surface area contributed by atoms with Gasteiger partial charge in [0.05, 0.1) is 0 Å². The van der Waals surface area contributed by atoms with Crippen molar-refractivity contribution in [1.29, 1.82) is 0 Å². The quantitative estimate of drug-likeness (QED) is 0.689. The first-order chi connectivity index (χ1) is 11.9. The summed E-state index contributed by atoms with van der Waals surface area (Å²) in [6.07, 6.45) is 9.35. The van der Waals surface area contributed by atoms with Crippen LogP contribution in [-0.2, 0) is 6.54 Å². The Kier molecular flexibility index (Phi) is 4.57. The van der Waals surface area contributed by atoms with E-state index in [-0.39, 0.29) is 6.04 Å². The molecule has 0 radical (unpaired) electrons. The SMILES string of the molecule is c1csc([C@H](NCc2ccnc(OC3CCC3)c2)c2ncc[nH]2)c1. The minimum Gasteiger partial charge on any atom is -0.474 e. The molecular weight excluding hydrogens is 320 g/mol. The Hall–Kier alpha value is -2.18. The molecule has 124 valence electrons. The Morgan fingerprint density at radius 1 is 1.29 bits per heavy atom. The van der Waals surface area contributed by atoms with Gasteiger partial charge in [-0.05, 0) is 42.3 Å². The number of rotatable bonds is 7. The predicted octanol–water partition coefficient (Wildman–Crippen LogP) is 3.68. The summed E-state index contributed by atoms with van der Waals surface area (Å²) in [7, 11) is 0. The van der Waals surface area contributed by atoms with E-state index in [1.54, 1.807) is 17.5 Å². The highest BCUT2D eigenvalue weighted by atomic mass is 32.1. The number of aromatic nitrogens is 3. The maximum Gasteiger partial charge on any atom is 0.213 e. The van der Waals surface area contributed by atoms with Crippen molar-refractivity contribution in [3.63, 3.8) is 0 Å². The highest BCUT2D eigenvalue weighted by Gasteiger charge is 2.20. The lowest BCUT2D eigenvalue weighted by molar-refractivity contribution is 0.114. The van der Waals surface area contributed by atoms with Gasteiger partial charge < -0.3 is 9.72 Å². The molecule has 6 heteroatoms. The third-order valence-electron chi connectivity index (χ3n) is 4.27. The summed E-state index contributed by atoms with van der Waals surface area (Å²) in [4.78, 5) is 13.2. The van der Waals surface area contributed by atoms with Crippen molar-refractivity contribution in [2.75, 3.05) is 0 Å². The van der Waals surface area contributed by atoms with Crippen LogP contribution in [-0.4, -0.2) is 21.1 Å². The van der Waals surface area contributed by atoms with Crippen LogP contribution < -0.4 is 10.1 Å². The lowest BCUT2D eigenvalue weighted by Gasteiger charge is -2.25. The van der Waals surface area contributed by atoms with Crippen LogP contribution in [0.1, 0.15) is 41.6 Å². The molecule has 0 bridgehead atoms. The Morgan fingerprint density at radius 2 is 2.25 bits per heavy atom. The molecular formula is C18H20N4OS. The molecule has 0 unspecified atom stereocenters. The van der Waals surface area contributed by atoms with E-state index in [0.29, 0.717) is 6.10 Å². The van der Waals surface area contributed by atoms with Gasteiger partial charge in [-0.25, -0.2) is 9.97 Å². The van der Waals surface area contributed by atoms with Crippen LogP contribution in [0.3, 0.4) is 0 Å². The topological polar surface area (TPSA) is 62.8 Å². The molecule has 0 saturated heterocycles. The van der Waals surface area contributed by atoms with E-state index in [4.69, 9.17) is 4.74 Å². The van der Waals surface area contributed by atoms with E-state index in [9.17, 15) is 0 Å². The summed E-state index contributed by atoms with van der Waals surface area (Å²) in [5, 5.41) is 5.67. The molecule has 1 saturated carbocycles. The minimum atomic E-state index is 0.0594. The zero-order valence-corrected chi connectivity index (χ0v) is 14.1. The van der Waals surface area contributed by atoms with Gasteiger partial charge in [-0.15, -0.1) is 11.3 Å². The lowest BCUT2D eigenvalue weighted by Crippen LogP contribution is -2.25. The lowest BCUT2D eigenvalue weighted by atomic mass is 9.96. The number of hydrogen-bond acceptors (Lipinski definition) is 5. The Bertz CT molecular complexity index is 719. The van der Waals surface area contributed by atoms with Gasteiger partial charge in [-0.2, -0.15) is 0 Å². The van der Waals surface area contributed by atoms with Crippen LogP contribution in [0.5, 0.6) is 5.88 Å². The Balaban J connectivity index is 1.45. The predicted molar refractivity (Wildman–Crippen MR) is 94.1 cm³/mol. The molecule has 1 aliphatic rings. The van der Waals surface area contributed by atoms with Crippen molar-refractivity contribution in [1.82, 2.24) is 20.3 Å². The van der Waals surface area contributed by atoms with E-state index in [0.717, 1.165) is 36.7 Å². The molecule has 1 atom stereocenters. The number of aromatic amines is 1. The normalized spacial score (nSPS) is 15.8. The minimum absolute atomic E-state index is 0.0594. The number of nitrogens with one attached hydrogen (secondary N) is 2. The standard InChI is InChI=1S/C18H20N4OS/c1-3-14(4-1)23-16-11-13(6-7-19-16)12-22-17(15-5-2-10-24-15)18-20-8-9-21-18/h2,5-11,14,17,22H,1,3-4,12H2,(H,20,21)/t17-/m0/s1. The zero-order chi connectivity index (χ0) is 16.2. The largest absolute Gasteiger partial charge is 0.474 e. The van der Waals surface area contributed by atoms with Crippen LogP contribution in [0, 0.1) is 0 Å². The molecule has 5 nitrogen and oxygen atoms in total. The van der Waals surface area contributed by atoms with Crippen molar-refractivity contribution in [3.05, 3.63) is 64.5 Å². The number of H-pyrrole nitrogens is 1. The van der Waals surface area contributed by atoms with Crippen LogP contribution in [0.15, 0.2) is 48.2 Å². The van der Waals surface area contributed by atoms with Gasteiger partial charge in [0.15, 0.2) is 0 Å². The molecule has 1 fully saturated rings. The van der Waals surface area contributed by atoms with Crippen molar-refractivity contribution in [2.45, 2.75) is 38.0 Å². The first kappa shape index (κ1) is 15.4.